The molecule has 0 fully saturated rings. The lowest BCUT2D eigenvalue weighted by Gasteiger charge is -2.19. The highest BCUT2D eigenvalue weighted by molar-refractivity contribution is 7.10. The minimum Gasteiger partial charge on any atom is -0.328 e. The van der Waals surface area contributed by atoms with Gasteiger partial charge in [0.15, 0.2) is 0 Å². The number of alkyl halides is 1. The fraction of sp³-hybridized carbons (Fsp3) is 0.286. The number of halogens is 2. The number of hydrogen-bond donors (Lipinski definition) is 0. The summed E-state index contributed by atoms with van der Waals surface area (Å²) in [6, 6.07) is 3.57. The zero-order chi connectivity index (χ0) is 15.2. The normalized spacial score (nSPS) is 10.6. The van der Waals surface area contributed by atoms with Crippen LogP contribution in [0, 0.1) is 0 Å². The molecule has 1 amide bonds. The van der Waals surface area contributed by atoms with Gasteiger partial charge < -0.3 is 4.90 Å². The van der Waals surface area contributed by atoms with Gasteiger partial charge in [0.05, 0.1) is 30.4 Å². The summed E-state index contributed by atoms with van der Waals surface area (Å²) in [6.45, 7) is 3.99. The van der Waals surface area contributed by atoms with Gasteiger partial charge in [0.2, 0.25) is 5.91 Å². The zero-order valence-electron chi connectivity index (χ0n) is 11.3. The molecule has 0 N–H and O–H groups in total. The second-order valence-electron chi connectivity index (χ2n) is 4.35. The fourth-order valence-electron chi connectivity index (χ4n) is 1.85. The van der Waals surface area contributed by atoms with Crippen molar-refractivity contribution in [1.82, 2.24) is 14.7 Å². The molecule has 0 aliphatic rings. The average Bonchev–Trinajstić information content (AvgIpc) is 3.08. The molecule has 0 aliphatic carbocycles. The van der Waals surface area contributed by atoms with Crippen LogP contribution in [0.3, 0.4) is 0 Å². The third kappa shape index (κ3) is 4.15. The van der Waals surface area contributed by atoms with E-state index >= 15 is 0 Å². The molecule has 4 nitrogen and oxygen atoms in total. The van der Waals surface area contributed by atoms with Crippen LogP contribution in [0.5, 0.6) is 0 Å². The van der Waals surface area contributed by atoms with Crippen molar-refractivity contribution in [2.75, 3.05) is 6.67 Å². The van der Waals surface area contributed by atoms with E-state index in [1.54, 1.807) is 23.2 Å². The smallest absolute Gasteiger partial charge is 0.246 e. The third-order valence-corrected chi connectivity index (χ3v) is 4.25. The molecule has 21 heavy (non-hydrogen) atoms. The Morgan fingerprint density at radius 2 is 2.33 bits per heavy atom. The predicted molar refractivity (Wildman–Crippen MR) is 82.0 cm³/mol. The molecule has 2 rings (SSSR count). The number of amides is 1. The summed E-state index contributed by atoms with van der Waals surface area (Å²) >= 11 is 7.56. The summed E-state index contributed by atoms with van der Waals surface area (Å²) < 4.78 is 13.8. The Morgan fingerprint density at radius 3 is 2.95 bits per heavy atom. The standard InChI is InChI=1S/C14H15ClFN3OS/c1-2-14(20)18(10-13-12(15)4-8-21-13)9-11-3-6-19(17-11)7-5-16/h2-4,6,8H,1,5,7,9-10H2. The molecule has 2 aromatic rings. The Morgan fingerprint density at radius 1 is 1.52 bits per heavy atom. The lowest BCUT2D eigenvalue weighted by molar-refractivity contribution is -0.127. The Hall–Kier alpha value is -1.66. The van der Waals surface area contributed by atoms with Crippen molar-refractivity contribution in [1.29, 1.82) is 0 Å². The number of nitrogens with zero attached hydrogens (tertiary/aromatic N) is 3. The van der Waals surface area contributed by atoms with Crippen LogP contribution in [-0.4, -0.2) is 27.3 Å². The number of rotatable bonds is 7. The summed E-state index contributed by atoms with van der Waals surface area (Å²) in [5.41, 5.74) is 0.700. The predicted octanol–water partition coefficient (Wildman–Crippen LogP) is 3.28. The van der Waals surface area contributed by atoms with Gasteiger partial charge in [-0.15, -0.1) is 11.3 Å². The van der Waals surface area contributed by atoms with E-state index in [0.29, 0.717) is 23.8 Å². The van der Waals surface area contributed by atoms with E-state index in [4.69, 9.17) is 11.6 Å². The molecule has 2 aromatic heterocycles. The first-order valence-corrected chi connectivity index (χ1v) is 7.61. The molecule has 0 aliphatic heterocycles. The maximum Gasteiger partial charge on any atom is 0.246 e. The van der Waals surface area contributed by atoms with E-state index < -0.39 is 6.67 Å². The Balaban J connectivity index is 2.10. The molecule has 0 atom stereocenters. The highest BCUT2D eigenvalue weighted by Crippen LogP contribution is 2.24. The van der Waals surface area contributed by atoms with Gasteiger partial charge >= 0.3 is 0 Å². The summed E-state index contributed by atoms with van der Waals surface area (Å²) in [5, 5.41) is 6.75. The topological polar surface area (TPSA) is 38.1 Å². The number of carbonyl (C=O) groups is 1. The van der Waals surface area contributed by atoms with Crippen LogP contribution in [0.1, 0.15) is 10.6 Å². The molecule has 7 heteroatoms. The molecule has 0 spiro atoms. The molecule has 0 aromatic carbocycles. The van der Waals surface area contributed by atoms with Crippen molar-refractivity contribution in [3.05, 3.63) is 52.0 Å². The SMILES string of the molecule is C=CC(=O)N(Cc1ccn(CCF)n1)Cc1sccc1Cl. The van der Waals surface area contributed by atoms with Gasteiger partial charge in [-0.05, 0) is 23.6 Å². The highest BCUT2D eigenvalue weighted by atomic mass is 35.5. The first-order chi connectivity index (χ1) is 10.1. The maximum absolute atomic E-state index is 12.3. The Bertz CT molecular complexity index is 625. The summed E-state index contributed by atoms with van der Waals surface area (Å²) in [7, 11) is 0. The van der Waals surface area contributed by atoms with E-state index in [0.717, 1.165) is 4.88 Å². The molecular formula is C14H15ClFN3OS. The van der Waals surface area contributed by atoms with Gasteiger partial charge in [0.1, 0.15) is 6.67 Å². The van der Waals surface area contributed by atoms with Gasteiger partial charge in [-0.3, -0.25) is 9.48 Å². The maximum atomic E-state index is 12.3. The van der Waals surface area contributed by atoms with E-state index in [2.05, 4.69) is 11.7 Å². The largest absolute Gasteiger partial charge is 0.328 e. The fourth-order valence-corrected chi connectivity index (χ4v) is 2.96. The first kappa shape index (κ1) is 15.7. The Labute approximate surface area is 131 Å². The van der Waals surface area contributed by atoms with Gasteiger partial charge in [-0.1, -0.05) is 18.2 Å². The van der Waals surface area contributed by atoms with Crippen LogP contribution in [0.4, 0.5) is 4.39 Å². The first-order valence-electron chi connectivity index (χ1n) is 6.35. The second kappa shape index (κ2) is 7.38. The van der Waals surface area contributed by atoms with Gasteiger partial charge in [-0.25, -0.2) is 4.39 Å². The van der Waals surface area contributed by atoms with E-state index in [9.17, 15) is 9.18 Å². The van der Waals surface area contributed by atoms with Gasteiger partial charge in [0, 0.05) is 11.1 Å². The van der Waals surface area contributed by atoms with Crippen molar-refractivity contribution >= 4 is 28.8 Å². The van der Waals surface area contributed by atoms with E-state index in [-0.39, 0.29) is 12.5 Å². The minimum atomic E-state index is -0.471. The van der Waals surface area contributed by atoms with Crippen LogP contribution < -0.4 is 0 Å². The molecule has 0 radical (unpaired) electrons. The quantitative estimate of drug-likeness (QED) is 0.732. The van der Waals surface area contributed by atoms with Crippen molar-refractivity contribution in [2.45, 2.75) is 19.6 Å². The van der Waals surface area contributed by atoms with Crippen LogP contribution in [-0.2, 0) is 24.4 Å². The number of carbonyl (C=O) groups excluding carboxylic acids is 1. The molecule has 2 heterocycles. The molecular weight excluding hydrogens is 313 g/mol. The lowest BCUT2D eigenvalue weighted by Crippen LogP contribution is -2.28. The minimum absolute atomic E-state index is 0.195. The molecule has 112 valence electrons. The van der Waals surface area contributed by atoms with Gasteiger partial charge in [-0.2, -0.15) is 5.10 Å². The van der Waals surface area contributed by atoms with Crippen LogP contribution in [0.25, 0.3) is 0 Å². The van der Waals surface area contributed by atoms with Crippen molar-refractivity contribution in [2.24, 2.45) is 0 Å². The summed E-state index contributed by atoms with van der Waals surface area (Å²) in [4.78, 5) is 14.5. The van der Waals surface area contributed by atoms with E-state index in [1.807, 2.05) is 5.38 Å². The lowest BCUT2D eigenvalue weighted by atomic mass is 10.3. The number of thiophene rings is 1. The number of aromatic nitrogens is 2. The second-order valence-corrected chi connectivity index (χ2v) is 5.76. The molecule has 0 unspecified atom stereocenters. The van der Waals surface area contributed by atoms with Crippen LogP contribution in [0.2, 0.25) is 5.02 Å². The van der Waals surface area contributed by atoms with Crippen molar-refractivity contribution in [3.8, 4) is 0 Å². The number of hydrogen-bond acceptors (Lipinski definition) is 3. The monoisotopic (exact) mass is 327 g/mol. The summed E-state index contributed by atoms with van der Waals surface area (Å²) in [6.07, 6.45) is 2.96. The van der Waals surface area contributed by atoms with Crippen LogP contribution >= 0.6 is 22.9 Å². The summed E-state index contributed by atoms with van der Waals surface area (Å²) in [5.74, 6) is -0.195. The van der Waals surface area contributed by atoms with Crippen molar-refractivity contribution < 1.29 is 9.18 Å². The van der Waals surface area contributed by atoms with E-state index in [1.165, 1.54) is 22.1 Å². The number of aryl methyl sites for hydroxylation is 1. The average molecular weight is 328 g/mol. The Kier molecular flexibility index (Phi) is 5.52. The highest BCUT2D eigenvalue weighted by Gasteiger charge is 2.15. The molecule has 0 bridgehead atoms. The molecule has 0 saturated carbocycles. The van der Waals surface area contributed by atoms with Gasteiger partial charge in [0.25, 0.3) is 0 Å². The van der Waals surface area contributed by atoms with Crippen LogP contribution in [0.15, 0.2) is 36.4 Å². The zero-order valence-corrected chi connectivity index (χ0v) is 12.9. The molecule has 0 saturated heterocycles. The van der Waals surface area contributed by atoms with Crippen molar-refractivity contribution in [3.63, 3.8) is 0 Å². The third-order valence-electron chi connectivity index (χ3n) is 2.87.